The number of carbonyl (C=O) groups is 3. The molecule has 4 aromatic rings. The average Bonchev–Trinajstić information content (AvgIpc) is 3.71. The van der Waals surface area contributed by atoms with Gasteiger partial charge in [0.1, 0.15) is 23.2 Å². The van der Waals surface area contributed by atoms with Crippen LogP contribution in [0.5, 0.6) is 5.75 Å². The Morgan fingerprint density at radius 1 is 0.897 bits per heavy atom. The van der Waals surface area contributed by atoms with Gasteiger partial charge in [-0.3, -0.25) is 14.4 Å². The first-order valence-electron chi connectivity index (χ1n) is 13.3. The van der Waals surface area contributed by atoms with Gasteiger partial charge in [-0.25, -0.2) is 0 Å². The average molecular weight is 528 g/mol. The number of fused-ring (bicyclic) bond motifs is 4. The van der Waals surface area contributed by atoms with Crippen LogP contribution in [0, 0.1) is 5.41 Å². The van der Waals surface area contributed by atoms with Gasteiger partial charge in [-0.05, 0) is 48.2 Å². The number of nitrogens with one attached hydrogen (secondary N) is 3. The normalized spacial score (nSPS) is 19.6. The van der Waals surface area contributed by atoms with Gasteiger partial charge in [-0.2, -0.15) is 0 Å². The molecule has 2 aliphatic rings. The first-order valence-corrected chi connectivity index (χ1v) is 13.3. The number of methoxy groups -OCH3 is 1. The number of hydrogen-bond acceptors (Lipinski definition) is 4. The van der Waals surface area contributed by atoms with Crippen LogP contribution in [0.25, 0.3) is 21.8 Å². The van der Waals surface area contributed by atoms with E-state index in [-0.39, 0.29) is 29.8 Å². The molecule has 3 atom stereocenters. The molecule has 0 saturated carbocycles. The molecule has 2 aromatic heterocycles. The van der Waals surface area contributed by atoms with E-state index in [9.17, 15) is 14.4 Å². The molecule has 2 aliphatic heterocycles. The molecule has 3 N–H and O–H groups in total. The Balaban J connectivity index is 1.16. The zero-order valence-corrected chi connectivity index (χ0v) is 22.6. The second kappa shape index (κ2) is 9.18. The number of nitrogens with zero attached hydrogens (tertiary/aromatic N) is 2. The predicted molar refractivity (Wildman–Crippen MR) is 149 cm³/mol. The van der Waals surface area contributed by atoms with Crippen LogP contribution >= 0.6 is 0 Å². The minimum absolute atomic E-state index is 0.0579. The summed E-state index contributed by atoms with van der Waals surface area (Å²) in [5, 5.41) is 4.85. The Labute approximate surface area is 226 Å². The Morgan fingerprint density at radius 2 is 1.56 bits per heavy atom. The number of aromatic amines is 2. The Hall–Kier alpha value is -4.27. The van der Waals surface area contributed by atoms with Gasteiger partial charge in [0.25, 0.3) is 11.8 Å². The highest BCUT2D eigenvalue weighted by Crippen LogP contribution is 2.34. The molecule has 0 aliphatic carbocycles. The molecule has 2 saturated heterocycles. The molecule has 9 heteroatoms. The molecular weight excluding hydrogens is 494 g/mol. The first-order chi connectivity index (χ1) is 18.6. The summed E-state index contributed by atoms with van der Waals surface area (Å²) in [6.45, 7) is 6.79. The Morgan fingerprint density at radius 3 is 2.26 bits per heavy atom. The van der Waals surface area contributed by atoms with Crippen LogP contribution < -0.4 is 10.1 Å². The lowest BCUT2D eigenvalue weighted by Gasteiger charge is -2.39. The van der Waals surface area contributed by atoms with Crippen molar-refractivity contribution in [1.29, 1.82) is 0 Å². The number of hydrogen-bond donors (Lipinski definition) is 3. The largest absolute Gasteiger partial charge is 0.497 e. The number of aromatic nitrogens is 2. The van der Waals surface area contributed by atoms with Gasteiger partial charge in [-0.15, -0.1) is 0 Å². The summed E-state index contributed by atoms with van der Waals surface area (Å²) in [4.78, 5) is 50.5. The molecule has 2 bridgehead atoms. The minimum atomic E-state index is -0.705. The summed E-state index contributed by atoms with van der Waals surface area (Å²) >= 11 is 0. The van der Waals surface area contributed by atoms with E-state index >= 15 is 0 Å². The van der Waals surface area contributed by atoms with Crippen molar-refractivity contribution in [3.05, 3.63) is 66.0 Å². The topological polar surface area (TPSA) is 111 Å². The lowest BCUT2D eigenvalue weighted by atomic mass is 9.85. The molecule has 39 heavy (non-hydrogen) atoms. The van der Waals surface area contributed by atoms with Crippen molar-refractivity contribution in [3.8, 4) is 5.75 Å². The third kappa shape index (κ3) is 4.41. The van der Waals surface area contributed by atoms with E-state index in [0.717, 1.165) is 34.0 Å². The maximum absolute atomic E-state index is 13.8. The molecule has 9 nitrogen and oxygen atoms in total. The number of benzene rings is 2. The van der Waals surface area contributed by atoms with Crippen molar-refractivity contribution in [2.24, 2.45) is 5.41 Å². The number of H-pyrrole nitrogens is 2. The molecule has 2 aromatic carbocycles. The molecule has 4 heterocycles. The first kappa shape index (κ1) is 25.0. The second-order valence-electron chi connectivity index (χ2n) is 11.7. The number of carbonyl (C=O) groups excluding carboxylic acids is 3. The lowest BCUT2D eigenvalue weighted by molar-refractivity contribution is -0.138. The molecule has 6 rings (SSSR count). The highest BCUT2D eigenvalue weighted by molar-refractivity contribution is 6.01. The number of para-hydroxylation sites is 1. The molecule has 0 radical (unpaired) electrons. The highest BCUT2D eigenvalue weighted by atomic mass is 16.5. The van der Waals surface area contributed by atoms with E-state index in [2.05, 4.69) is 15.3 Å². The third-order valence-corrected chi connectivity index (χ3v) is 8.01. The maximum Gasteiger partial charge on any atom is 0.270 e. The van der Waals surface area contributed by atoms with E-state index < -0.39 is 11.5 Å². The fourth-order valence-corrected chi connectivity index (χ4v) is 5.91. The standard InChI is InChI=1S/C30H33N5O4/c1-30(2,3)26(33-27(36)24-12-17-7-5-6-8-22(17)31-24)29(38)35-16-19-14-20(35)15-34(19)28(37)25-13-18-11-21(39-4)9-10-23(18)32-25/h5-13,19-20,26,31-32H,14-16H2,1-4H3,(H,33,36)/t19-,20-,26+/m0/s1. The number of piperazine rings is 1. The zero-order chi connectivity index (χ0) is 27.5. The Kier molecular flexibility index (Phi) is 5.89. The molecular formula is C30H33N5O4. The van der Waals surface area contributed by atoms with E-state index in [1.165, 1.54) is 0 Å². The van der Waals surface area contributed by atoms with Crippen molar-refractivity contribution in [3.63, 3.8) is 0 Å². The van der Waals surface area contributed by atoms with Crippen LogP contribution in [0.4, 0.5) is 0 Å². The van der Waals surface area contributed by atoms with Crippen molar-refractivity contribution in [1.82, 2.24) is 25.1 Å². The van der Waals surface area contributed by atoms with Gasteiger partial charge >= 0.3 is 0 Å². The smallest absolute Gasteiger partial charge is 0.270 e. The zero-order valence-electron chi connectivity index (χ0n) is 22.6. The fourth-order valence-electron chi connectivity index (χ4n) is 5.91. The fraction of sp³-hybridized carbons (Fsp3) is 0.367. The molecule has 202 valence electrons. The van der Waals surface area contributed by atoms with Crippen LogP contribution in [0.15, 0.2) is 54.6 Å². The van der Waals surface area contributed by atoms with Gasteiger partial charge < -0.3 is 29.8 Å². The maximum atomic E-state index is 13.8. The van der Waals surface area contributed by atoms with Crippen LogP contribution in [0.3, 0.4) is 0 Å². The third-order valence-electron chi connectivity index (χ3n) is 8.01. The van der Waals surface area contributed by atoms with Crippen LogP contribution in [-0.2, 0) is 4.79 Å². The number of rotatable bonds is 5. The number of amides is 3. The summed E-state index contributed by atoms with van der Waals surface area (Å²) in [6.07, 6.45) is 0.734. The molecule has 0 spiro atoms. The number of likely N-dealkylation sites (tertiary alicyclic amines) is 2. The van der Waals surface area contributed by atoms with Crippen molar-refractivity contribution in [2.75, 3.05) is 20.2 Å². The van der Waals surface area contributed by atoms with Crippen molar-refractivity contribution in [2.45, 2.75) is 45.3 Å². The Bertz CT molecular complexity index is 1560. The lowest BCUT2D eigenvalue weighted by Crippen LogP contribution is -2.59. The van der Waals surface area contributed by atoms with Crippen LogP contribution in [-0.4, -0.2) is 75.8 Å². The van der Waals surface area contributed by atoms with Gasteiger partial charge in [-0.1, -0.05) is 39.0 Å². The van der Waals surface area contributed by atoms with Gasteiger partial charge in [0.15, 0.2) is 0 Å². The quantitative estimate of drug-likeness (QED) is 0.365. The second-order valence-corrected chi connectivity index (χ2v) is 11.7. The highest BCUT2D eigenvalue weighted by Gasteiger charge is 2.50. The summed E-state index contributed by atoms with van der Waals surface area (Å²) in [5.74, 6) is 0.254. The van der Waals surface area contributed by atoms with Gasteiger partial charge in [0, 0.05) is 34.9 Å². The van der Waals surface area contributed by atoms with E-state index in [4.69, 9.17) is 4.74 Å². The minimum Gasteiger partial charge on any atom is -0.497 e. The van der Waals surface area contributed by atoms with Crippen LogP contribution in [0.1, 0.15) is 48.2 Å². The SMILES string of the molecule is COc1ccc2[nH]c(C(=O)N3C[C@@H]4C[C@H]3CN4C(=O)[C@@H](NC(=O)c3cc4ccccc4[nH]3)C(C)(C)C)cc2c1. The molecule has 0 unspecified atom stereocenters. The monoisotopic (exact) mass is 527 g/mol. The van der Waals surface area contributed by atoms with Gasteiger partial charge in [0.2, 0.25) is 5.91 Å². The summed E-state index contributed by atoms with van der Waals surface area (Å²) in [7, 11) is 1.62. The van der Waals surface area contributed by atoms with Crippen molar-refractivity contribution < 1.29 is 19.1 Å². The predicted octanol–water partition coefficient (Wildman–Crippen LogP) is 3.93. The molecule has 3 amide bonds. The van der Waals surface area contributed by atoms with E-state index in [1.54, 1.807) is 13.2 Å². The molecule has 2 fully saturated rings. The number of ether oxygens (including phenoxy) is 1. The van der Waals surface area contributed by atoms with E-state index in [0.29, 0.717) is 24.5 Å². The van der Waals surface area contributed by atoms with Crippen molar-refractivity contribution >= 4 is 39.5 Å². The summed E-state index contributed by atoms with van der Waals surface area (Å²) < 4.78 is 5.30. The van der Waals surface area contributed by atoms with Crippen LogP contribution in [0.2, 0.25) is 0 Å². The summed E-state index contributed by atoms with van der Waals surface area (Å²) in [6, 6.07) is 16.2. The van der Waals surface area contributed by atoms with E-state index in [1.807, 2.05) is 79.1 Å². The van der Waals surface area contributed by atoms with Gasteiger partial charge in [0.05, 0.1) is 19.2 Å². The summed E-state index contributed by atoms with van der Waals surface area (Å²) in [5.41, 5.74) is 2.20.